The Morgan fingerprint density at radius 3 is 2.94 bits per heavy atom. The number of amides is 1. The van der Waals surface area contributed by atoms with Crippen molar-refractivity contribution >= 4 is 34.5 Å². The lowest BCUT2D eigenvalue weighted by atomic mass is 10.2. The molecule has 0 aliphatic rings. The molecule has 1 amide bonds. The van der Waals surface area contributed by atoms with E-state index in [4.69, 9.17) is 16.9 Å². The molecule has 1 heterocycles. The van der Waals surface area contributed by atoms with Crippen LogP contribution in [0.25, 0.3) is 0 Å². The standard InChI is InChI=1S/C12H8ClN3OS/c1-7-11(18-6-15-7)12(17)16-10-4-8(5-14)2-3-9(10)13/h2-4,6H,1H3,(H,16,17). The summed E-state index contributed by atoms with van der Waals surface area (Å²) in [6.07, 6.45) is 0. The van der Waals surface area contributed by atoms with E-state index in [0.29, 0.717) is 26.8 Å². The van der Waals surface area contributed by atoms with Gasteiger partial charge in [0.1, 0.15) is 4.88 Å². The SMILES string of the molecule is Cc1ncsc1C(=O)Nc1cc(C#N)ccc1Cl. The number of halogens is 1. The van der Waals surface area contributed by atoms with Gasteiger partial charge in [0.2, 0.25) is 0 Å². The first-order valence-electron chi connectivity index (χ1n) is 5.03. The maximum Gasteiger partial charge on any atom is 0.267 e. The van der Waals surface area contributed by atoms with E-state index in [9.17, 15) is 4.79 Å². The molecule has 0 saturated carbocycles. The van der Waals surface area contributed by atoms with Gasteiger partial charge in [-0.15, -0.1) is 11.3 Å². The molecule has 0 bridgehead atoms. The van der Waals surface area contributed by atoms with E-state index >= 15 is 0 Å². The zero-order chi connectivity index (χ0) is 13.1. The number of nitrogens with one attached hydrogen (secondary N) is 1. The van der Waals surface area contributed by atoms with Crippen molar-refractivity contribution < 1.29 is 4.79 Å². The number of aryl methyl sites for hydroxylation is 1. The summed E-state index contributed by atoms with van der Waals surface area (Å²) in [6.45, 7) is 1.76. The Hall–Kier alpha value is -1.90. The molecular weight excluding hydrogens is 270 g/mol. The predicted octanol–water partition coefficient (Wildman–Crippen LogP) is 3.23. The van der Waals surface area contributed by atoms with Crippen molar-refractivity contribution in [3.05, 3.63) is 44.9 Å². The third kappa shape index (κ3) is 2.50. The number of carbonyl (C=O) groups is 1. The van der Waals surface area contributed by atoms with Crippen LogP contribution in [0, 0.1) is 18.3 Å². The molecule has 90 valence electrons. The molecule has 6 heteroatoms. The highest BCUT2D eigenvalue weighted by molar-refractivity contribution is 7.12. The van der Waals surface area contributed by atoms with Crippen LogP contribution >= 0.6 is 22.9 Å². The monoisotopic (exact) mass is 277 g/mol. The van der Waals surface area contributed by atoms with Crippen molar-refractivity contribution in [2.75, 3.05) is 5.32 Å². The molecule has 2 aromatic rings. The van der Waals surface area contributed by atoms with Crippen LogP contribution in [0.5, 0.6) is 0 Å². The van der Waals surface area contributed by atoms with Gasteiger partial charge in [-0.05, 0) is 25.1 Å². The van der Waals surface area contributed by atoms with Crippen LogP contribution in [-0.4, -0.2) is 10.9 Å². The number of hydrogen-bond donors (Lipinski definition) is 1. The van der Waals surface area contributed by atoms with E-state index < -0.39 is 0 Å². The van der Waals surface area contributed by atoms with E-state index in [0.717, 1.165) is 0 Å². The van der Waals surface area contributed by atoms with Crippen molar-refractivity contribution in [3.63, 3.8) is 0 Å². The van der Waals surface area contributed by atoms with Gasteiger partial charge in [-0.3, -0.25) is 4.79 Å². The lowest BCUT2D eigenvalue weighted by Crippen LogP contribution is -2.12. The molecule has 2 rings (SSSR count). The van der Waals surface area contributed by atoms with Crippen LogP contribution in [-0.2, 0) is 0 Å². The van der Waals surface area contributed by atoms with Crippen LogP contribution in [0.15, 0.2) is 23.7 Å². The zero-order valence-electron chi connectivity index (χ0n) is 9.40. The molecule has 1 N–H and O–H groups in total. The van der Waals surface area contributed by atoms with Crippen molar-refractivity contribution in [2.45, 2.75) is 6.92 Å². The van der Waals surface area contributed by atoms with Crippen molar-refractivity contribution in [3.8, 4) is 6.07 Å². The zero-order valence-corrected chi connectivity index (χ0v) is 11.0. The number of carbonyl (C=O) groups excluding carboxylic acids is 1. The first-order chi connectivity index (χ1) is 8.61. The van der Waals surface area contributed by atoms with Gasteiger partial charge in [0.15, 0.2) is 0 Å². The normalized spacial score (nSPS) is 9.83. The van der Waals surface area contributed by atoms with Gasteiger partial charge in [-0.1, -0.05) is 11.6 Å². The van der Waals surface area contributed by atoms with Crippen LogP contribution in [0.4, 0.5) is 5.69 Å². The molecule has 0 aliphatic carbocycles. The fraction of sp³-hybridized carbons (Fsp3) is 0.0833. The van der Waals surface area contributed by atoms with Gasteiger partial charge in [0.25, 0.3) is 5.91 Å². The number of aromatic nitrogens is 1. The largest absolute Gasteiger partial charge is 0.320 e. The highest BCUT2D eigenvalue weighted by Gasteiger charge is 2.13. The Kier molecular flexibility index (Phi) is 3.60. The Balaban J connectivity index is 2.27. The Bertz CT molecular complexity index is 645. The van der Waals surface area contributed by atoms with E-state index in [1.54, 1.807) is 24.6 Å². The molecule has 0 fully saturated rings. The topological polar surface area (TPSA) is 65.8 Å². The maximum absolute atomic E-state index is 12.0. The Morgan fingerprint density at radius 2 is 2.33 bits per heavy atom. The molecule has 0 unspecified atom stereocenters. The first kappa shape index (κ1) is 12.6. The van der Waals surface area contributed by atoms with Crippen molar-refractivity contribution in [1.82, 2.24) is 4.98 Å². The number of thiazole rings is 1. The Morgan fingerprint density at radius 1 is 1.56 bits per heavy atom. The fourth-order valence-corrected chi connectivity index (χ4v) is 2.25. The summed E-state index contributed by atoms with van der Waals surface area (Å²) in [4.78, 5) is 16.5. The summed E-state index contributed by atoms with van der Waals surface area (Å²) in [5.41, 5.74) is 3.15. The third-order valence-electron chi connectivity index (χ3n) is 2.30. The highest BCUT2D eigenvalue weighted by Crippen LogP contribution is 2.24. The van der Waals surface area contributed by atoms with Gasteiger partial charge < -0.3 is 5.32 Å². The third-order valence-corrected chi connectivity index (χ3v) is 3.55. The van der Waals surface area contributed by atoms with Crippen LogP contribution in [0.1, 0.15) is 20.9 Å². The number of benzene rings is 1. The minimum absolute atomic E-state index is 0.271. The molecule has 4 nitrogen and oxygen atoms in total. The smallest absolute Gasteiger partial charge is 0.267 e. The second-order valence-corrected chi connectivity index (χ2v) is 4.79. The number of nitriles is 1. The van der Waals surface area contributed by atoms with Gasteiger partial charge >= 0.3 is 0 Å². The summed E-state index contributed by atoms with van der Waals surface area (Å²) in [6, 6.07) is 6.70. The summed E-state index contributed by atoms with van der Waals surface area (Å²) in [7, 11) is 0. The van der Waals surface area contributed by atoms with Gasteiger partial charge in [0.05, 0.1) is 33.5 Å². The number of anilines is 1. The number of rotatable bonds is 2. The van der Waals surface area contributed by atoms with E-state index in [1.165, 1.54) is 17.4 Å². The summed E-state index contributed by atoms with van der Waals surface area (Å²) in [5, 5.41) is 11.9. The molecule has 1 aromatic heterocycles. The fourth-order valence-electron chi connectivity index (χ4n) is 1.39. The molecule has 18 heavy (non-hydrogen) atoms. The van der Waals surface area contributed by atoms with Crippen LogP contribution < -0.4 is 5.32 Å². The molecule has 1 aromatic carbocycles. The lowest BCUT2D eigenvalue weighted by Gasteiger charge is -2.06. The molecule has 0 saturated heterocycles. The number of nitrogens with zero attached hydrogens (tertiary/aromatic N) is 2. The molecule has 0 atom stereocenters. The van der Waals surface area contributed by atoms with Crippen molar-refractivity contribution in [1.29, 1.82) is 5.26 Å². The van der Waals surface area contributed by atoms with E-state index in [1.807, 2.05) is 6.07 Å². The van der Waals surface area contributed by atoms with Crippen LogP contribution in [0.2, 0.25) is 5.02 Å². The van der Waals surface area contributed by atoms with Gasteiger partial charge in [-0.2, -0.15) is 5.26 Å². The van der Waals surface area contributed by atoms with Crippen LogP contribution in [0.3, 0.4) is 0 Å². The second kappa shape index (κ2) is 5.17. The first-order valence-corrected chi connectivity index (χ1v) is 6.28. The molecule has 0 aliphatic heterocycles. The summed E-state index contributed by atoms with van der Waals surface area (Å²) < 4.78 is 0. The quantitative estimate of drug-likeness (QED) is 0.916. The van der Waals surface area contributed by atoms with Crippen molar-refractivity contribution in [2.24, 2.45) is 0 Å². The molecule has 0 radical (unpaired) electrons. The van der Waals surface area contributed by atoms with Gasteiger partial charge in [-0.25, -0.2) is 4.98 Å². The minimum Gasteiger partial charge on any atom is -0.320 e. The second-order valence-electron chi connectivity index (χ2n) is 3.53. The average molecular weight is 278 g/mol. The average Bonchev–Trinajstić information content (AvgIpc) is 2.78. The maximum atomic E-state index is 12.0. The molecular formula is C12H8ClN3OS. The molecule has 0 spiro atoms. The van der Waals surface area contributed by atoms with E-state index in [2.05, 4.69) is 10.3 Å². The lowest BCUT2D eigenvalue weighted by molar-refractivity contribution is 0.103. The highest BCUT2D eigenvalue weighted by atomic mass is 35.5. The Labute approximate surface area is 113 Å². The number of hydrogen-bond acceptors (Lipinski definition) is 4. The summed E-state index contributed by atoms with van der Waals surface area (Å²) in [5.74, 6) is -0.271. The predicted molar refractivity (Wildman–Crippen MR) is 71.0 cm³/mol. The summed E-state index contributed by atoms with van der Waals surface area (Å²) >= 11 is 7.22. The minimum atomic E-state index is -0.271. The van der Waals surface area contributed by atoms with Gasteiger partial charge in [0, 0.05) is 0 Å². The van der Waals surface area contributed by atoms with E-state index in [-0.39, 0.29) is 5.91 Å².